The van der Waals surface area contributed by atoms with Crippen LogP contribution >= 0.6 is 0 Å². The average Bonchev–Trinajstić information content (AvgIpc) is 2.49. The van der Waals surface area contributed by atoms with E-state index in [0.29, 0.717) is 23.8 Å². The number of carbonyl (C=O) groups is 1. The third kappa shape index (κ3) is 2.78. The van der Waals surface area contributed by atoms with Crippen LogP contribution in [0.1, 0.15) is 32.8 Å². The van der Waals surface area contributed by atoms with E-state index in [2.05, 4.69) is 49.2 Å². The molecular weight excluding hydrogens is 260 g/mol. The molecule has 0 aliphatic carbocycles. The SMILES string of the molecule is CC1CC(C)C(C)N(C(=O)C2CNc3ccccc3C2)C1. The average molecular weight is 286 g/mol. The zero-order chi connectivity index (χ0) is 15.0. The van der Waals surface area contributed by atoms with Crippen LogP contribution in [0.4, 0.5) is 5.69 Å². The fourth-order valence-electron chi connectivity index (χ4n) is 3.86. The van der Waals surface area contributed by atoms with E-state index in [1.54, 1.807) is 0 Å². The normalized spacial score (nSPS) is 32.2. The standard InChI is InChI=1S/C18H26N2O/c1-12-8-13(2)14(3)20(11-12)18(21)16-9-15-6-4-5-7-17(15)19-10-16/h4-7,12-14,16,19H,8-11H2,1-3H3. The fourth-order valence-corrected chi connectivity index (χ4v) is 3.86. The van der Waals surface area contributed by atoms with Crippen LogP contribution in [-0.4, -0.2) is 29.9 Å². The van der Waals surface area contributed by atoms with Gasteiger partial charge in [0.05, 0.1) is 5.92 Å². The highest BCUT2D eigenvalue weighted by Crippen LogP contribution is 2.31. The van der Waals surface area contributed by atoms with Crippen molar-refractivity contribution in [1.82, 2.24) is 4.90 Å². The predicted octanol–water partition coefficient (Wildman–Crippen LogP) is 3.16. The first-order valence-corrected chi connectivity index (χ1v) is 8.18. The molecule has 1 saturated heterocycles. The first kappa shape index (κ1) is 14.4. The maximum Gasteiger partial charge on any atom is 0.228 e. The Hall–Kier alpha value is -1.51. The zero-order valence-electron chi connectivity index (χ0n) is 13.3. The lowest BCUT2D eigenvalue weighted by Crippen LogP contribution is -2.52. The zero-order valence-corrected chi connectivity index (χ0v) is 13.3. The monoisotopic (exact) mass is 286 g/mol. The van der Waals surface area contributed by atoms with Gasteiger partial charge in [-0.1, -0.05) is 32.0 Å². The molecule has 4 unspecified atom stereocenters. The Labute approximate surface area is 127 Å². The van der Waals surface area contributed by atoms with Gasteiger partial charge < -0.3 is 10.2 Å². The number of nitrogens with one attached hydrogen (secondary N) is 1. The molecule has 0 spiro atoms. The number of hydrogen-bond donors (Lipinski definition) is 1. The molecule has 0 aromatic heterocycles. The minimum Gasteiger partial charge on any atom is -0.384 e. The van der Waals surface area contributed by atoms with E-state index in [1.165, 1.54) is 17.7 Å². The van der Waals surface area contributed by atoms with Crippen molar-refractivity contribution in [1.29, 1.82) is 0 Å². The van der Waals surface area contributed by atoms with Crippen molar-refractivity contribution in [3.05, 3.63) is 29.8 Å². The highest BCUT2D eigenvalue weighted by Gasteiger charge is 2.36. The number of benzene rings is 1. The van der Waals surface area contributed by atoms with Crippen LogP contribution in [0.2, 0.25) is 0 Å². The number of para-hydroxylation sites is 1. The van der Waals surface area contributed by atoms with E-state index in [9.17, 15) is 4.79 Å². The summed E-state index contributed by atoms with van der Waals surface area (Å²) in [4.78, 5) is 15.1. The summed E-state index contributed by atoms with van der Waals surface area (Å²) in [7, 11) is 0. The Balaban J connectivity index is 1.74. The molecular formula is C18H26N2O. The quantitative estimate of drug-likeness (QED) is 0.860. The van der Waals surface area contributed by atoms with Gasteiger partial charge in [0.15, 0.2) is 0 Å². The number of fused-ring (bicyclic) bond motifs is 1. The molecule has 2 aliphatic heterocycles. The Morgan fingerprint density at radius 1 is 1.24 bits per heavy atom. The van der Waals surface area contributed by atoms with Crippen molar-refractivity contribution in [3.8, 4) is 0 Å². The van der Waals surface area contributed by atoms with Gasteiger partial charge in [0, 0.05) is 24.8 Å². The van der Waals surface area contributed by atoms with Crippen molar-refractivity contribution < 1.29 is 4.79 Å². The van der Waals surface area contributed by atoms with E-state index >= 15 is 0 Å². The minimum absolute atomic E-state index is 0.0832. The van der Waals surface area contributed by atoms with Crippen molar-refractivity contribution >= 4 is 11.6 Å². The van der Waals surface area contributed by atoms with Crippen molar-refractivity contribution in [2.75, 3.05) is 18.4 Å². The van der Waals surface area contributed by atoms with E-state index in [1.807, 2.05) is 6.07 Å². The Kier molecular flexibility index (Phi) is 3.92. The van der Waals surface area contributed by atoms with E-state index in [0.717, 1.165) is 19.5 Å². The fraction of sp³-hybridized carbons (Fsp3) is 0.611. The van der Waals surface area contributed by atoms with Crippen LogP contribution in [0.15, 0.2) is 24.3 Å². The number of likely N-dealkylation sites (tertiary alicyclic amines) is 1. The highest BCUT2D eigenvalue weighted by molar-refractivity contribution is 5.81. The lowest BCUT2D eigenvalue weighted by Gasteiger charge is -2.43. The third-order valence-corrected chi connectivity index (χ3v) is 5.25. The van der Waals surface area contributed by atoms with Crippen LogP contribution in [0.5, 0.6) is 0 Å². The summed E-state index contributed by atoms with van der Waals surface area (Å²) in [6.45, 7) is 8.43. The first-order valence-electron chi connectivity index (χ1n) is 8.18. The molecule has 1 aromatic carbocycles. The minimum atomic E-state index is 0.0832. The van der Waals surface area contributed by atoms with Gasteiger partial charge in [0.2, 0.25) is 5.91 Å². The largest absolute Gasteiger partial charge is 0.384 e. The summed E-state index contributed by atoms with van der Waals surface area (Å²) in [5.41, 5.74) is 2.46. The van der Waals surface area contributed by atoms with E-state index in [4.69, 9.17) is 0 Å². The number of nitrogens with zero attached hydrogens (tertiary/aromatic N) is 1. The van der Waals surface area contributed by atoms with E-state index in [-0.39, 0.29) is 5.92 Å². The Morgan fingerprint density at radius 3 is 2.81 bits per heavy atom. The number of rotatable bonds is 1. The number of anilines is 1. The number of carbonyl (C=O) groups excluding carboxylic acids is 1. The molecule has 1 fully saturated rings. The van der Waals surface area contributed by atoms with Gasteiger partial charge in [-0.15, -0.1) is 0 Å². The highest BCUT2D eigenvalue weighted by atomic mass is 16.2. The second-order valence-electron chi connectivity index (χ2n) is 6.99. The molecule has 1 N–H and O–H groups in total. The van der Waals surface area contributed by atoms with Gasteiger partial charge in [-0.2, -0.15) is 0 Å². The number of amides is 1. The van der Waals surface area contributed by atoms with Crippen LogP contribution in [0.3, 0.4) is 0 Å². The molecule has 1 amide bonds. The van der Waals surface area contributed by atoms with Gasteiger partial charge in [-0.3, -0.25) is 4.79 Å². The van der Waals surface area contributed by atoms with E-state index < -0.39 is 0 Å². The molecule has 3 rings (SSSR count). The molecule has 0 bridgehead atoms. The van der Waals surface area contributed by atoms with Gasteiger partial charge >= 0.3 is 0 Å². The second kappa shape index (κ2) is 5.70. The first-order chi connectivity index (χ1) is 10.1. The van der Waals surface area contributed by atoms with Crippen molar-refractivity contribution in [2.24, 2.45) is 17.8 Å². The van der Waals surface area contributed by atoms with Gasteiger partial charge in [-0.25, -0.2) is 0 Å². The topological polar surface area (TPSA) is 32.3 Å². The maximum absolute atomic E-state index is 13.0. The van der Waals surface area contributed by atoms with Gasteiger partial charge in [0.25, 0.3) is 0 Å². The molecule has 3 nitrogen and oxygen atoms in total. The smallest absolute Gasteiger partial charge is 0.228 e. The summed E-state index contributed by atoms with van der Waals surface area (Å²) in [6, 6.07) is 8.70. The van der Waals surface area contributed by atoms with Crippen LogP contribution < -0.4 is 5.32 Å². The van der Waals surface area contributed by atoms with Crippen molar-refractivity contribution in [3.63, 3.8) is 0 Å². The van der Waals surface area contributed by atoms with Gasteiger partial charge in [-0.05, 0) is 43.2 Å². The third-order valence-electron chi connectivity index (χ3n) is 5.25. The summed E-state index contributed by atoms with van der Waals surface area (Å²) in [6.07, 6.45) is 2.10. The molecule has 0 radical (unpaired) electrons. The van der Waals surface area contributed by atoms with Crippen LogP contribution in [0.25, 0.3) is 0 Å². The van der Waals surface area contributed by atoms with Gasteiger partial charge in [0.1, 0.15) is 0 Å². The molecule has 114 valence electrons. The summed E-state index contributed by atoms with van der Waals surface area (Å²) in [5, 5.41) is 3.42. The molecule has 4 atom stereocenters. The maximum atomic E-state index is 13.0. The Bertz CT molecular complexity index is 528. The van der Waals surface area contributed by atoms with Crippen LogP contribution in [-0.2, 0) is 11.2 Å². The lowest BCUT2D eigenvalue weighted by molar-refractivity contribution is -0.141. The molecule has 0 saturated carbocycles. The summed E-state index contributed by atoms with van der Waals surface area (Å²) >= 11 is 0. The summed E-state index contributed by atoms with van der Waals surface area (Å²) < 4.78 is 0. The lowest BCUT2D eigenvalue weighted by atomic mass is 9.84. The molecule has 3 heteroatoms. The van der Waals surface area contributed by atoms with Crippen molar-refractivity contribution in [2.45, 2.75) is 39.7 Å². The predicted molar refractivity (Wildman–Crippen MR) is 86.2 cm³/mol. The molecule has 2 aliphatic rings. The second-order valence-corrected chi connectivity index (χ2v) is 6.99. The Morgan fingerprint density at radius 2 is 2.00 bits per heavy atom. The number of hydrogen-bond acceptors (Lipinski definition) is 2. The number of piperidine rings is 1. The summed E-state index contributed by atoms with van der Waals surface area (Å²) in [5.74, 6) is 1.63. The molecule has 1 aromatic rings. The molecule has 2 heterocycles. The van der Waals surface area contributed by atoms with Crippen LogP contribution in [0, 0.1) is 17.8 Å². The molecule has 21 heavy (non-hydrogen) atoms.